The summed E-state index contributed by atoms with van der Waals surface area (Å²) in [6, 6.07) is 5.28. The van der Waals surface area contributed by atoms with E-state index in [0.29, 0.717) is 15.7 Å². The third-order valence-electron chi connectivity index (χ3n) is 1.16. The van der Waals surface area contributed by atoms with Crippen LogP contribution in [0.3, 0.4) is 0 Å². The third kappa shape index (κ3) is 1.99. The molecular formula is C7H7Cl2NO. The van der Waals surface area contributed by atoms with Crippen LogP contribution in [-0.4, -0.2) is 7.11 Å². The zero-order chi connectivity index (χ0) is 8.27. The fourth-order valence-corrected chi connectivity index (χ4v) is 1.03. The molecule has 1 aromatic rings. The third-order valence-corrected chi connectivity index (χ3v) is 1.98. The van der Waals surface area contributed by atoms with Gasteiger partial charge in [0.2, 0.25) is 0 Å². The van der Waals surface area contributed by atoms with Gasteiger partial charge in [0.25, 0.3) is 0 Å². The SMILES string of the molecule is CONc1cccc(Cl)c1Cl. The van der Waals surface area contributed by atoms with Gasteiger partial charge < -0.3 is 0 Å². The van der Waals surface area contributed by atoms with Gasteiger partial charge in [0.05, 0.1) is 22.8 Å². The molecule has 0 atom stereocenters. The molecule has 0 fully saturated rings. The van der Waals surface area contributed by atoms with Gasteiger partial charge in [-0.1, -0.05) is 29.3 Å². The molecule has 0 bridgehead atoms. The van der Waals surface area contributed by atoms with Crippen LogP contribution in [0.2, 0.25) is 10.0 Å². The van der Waals surface area contributed by atoms with E-state index in [4.69, 9.17) is 23.2 Å². The summed E-state index contributed by atoms with van der Waals surface area (Å²) in [7, 11) is 1.51. The van der Waals surface area contributed by atoms with E-state index in [9.17, 15) is 0 Å². The van der Waals surface area contributed by atoms with Gasteiger partial charge in [-0.25, -0.2) is 0 Å². The average molecular weight is 192 g/mol. The maximum absolute atomic E-state index is 5.80. The Labute approximate surface area is 75.0 Å². The quantitative estimate of drug-likeness (QED) is 0.727. The van der Waals surface area contributed by atoms with Gasteiger partial charge in [-0.15, -0.1) is 0 Å². The van der Waals surface area contributed by atoms with Gasteiger partial charge in [-0.05, 0) is 12.1 Å². The molecule has 4 heteroatoms. The Bertz CT molecular complexity index is 252. The van der Waals surface area contributed by atoms with Crippen LogP contribution in [-0.2, 0) is 4.84 Å². The molecule has 0 aliphatic carbocycles. The van der Waals surface area contributed by atoms with Crippen LogP contribution >= 0.6 is 23.2 Å². The van der Waals surface area contributed by atoms with Gasteiger partial charge in [-0.2, -0.15) is 0 Å². The van der Waals surface area contributed by atoms with E-state index in [1.54, 1.807) is 18.2 Å². The lowest BCUT2D eigenvalue weighted by atomic mass is 10.3. The second kappa shape index (κ2) is 3.81. The van der Waals surface area contributed by atoms with Crippen molar-refractivity contribution < 1.29 is 4.84 Å². The second-order valence-corrected chi connectivity index (χ2v) is 2.69. The van der Waals surface area contributed by atoms with Crippen molar-refractivity contribution in [1.29, 1.82) is 0 Å². The molecule has 11 heavy (non-hydrogen) atoms. The first-order chi connectivity index (χ1) is 5.25. The van der Waals surface area contributed by atoms with E-state index in [2.05, 4.69) is 10.3 Å². The molecule has 0 radical (unpaired) electrons. The number of rotatable bonds is 2. The van der Waals surface area contributed by atoms with Crippen LogP contribution < -0.4 is 5.48 Å². The highest BCUT2D eigenvalue weighted by atomic mass is 35.5. The molecule has 0 aliphatic heterocycles. The molecule has 0 unspecified atom stereocenters. The van der Waals surface area contributed by atoms with Crippen molar-refractivity contribution in [3.05, 3.63) is 28.2 Å². The van der Waals surface area contributed by atoms with Crippen molar-refractivity contribution in [2.24, 2.45) is 0 Å². The highest BCUT2D eigenvalue weighted by Crippen LogP contribution is 2.29. The Morgan fingerprint density at radius 2 is 2.09 bits per heavy atom. The van der Waals surface area contributed by atoms with Crippen LogP contribution in [0.15, 0.2) is 18.2 Å². The molecule has 2 nitrogen and oxygen atoms in total. The van der Waals surface area contributed by atoms with Crippen molar-refractivity contribution in [3.8, 4) is 0 Å². The second-order valence-electron chi connectivity index (χ2n) is 1.91. The molecule has 1 N–H and O–H groups in total. The van der Waals surface area contributed by atoms with Crippen molar-refractivity contribution in [2.45, 2.75) is 0 Å². The topological polar surface area (TPSA) is 21.3 Å². The van der Waals surface area contributed by atoms with Crippen LogP contribution in [0, 0.1) is 0 Å². The Kier molecular flexibility index (Phi) is 3.00. The maximum Gasteiger partial charge on any atom is 0.0846 e. The average Bonchev–Trinajstić information content (AvgIpc) is 1.99. The summed E-state index contributed by atoms with van der Waals surface area (Å²) in [6.45, 7) is 0. The highest BCUT2D eigenvalue weighted by Gasteiger charge is 2.01. The molecule has 0 aliphatic rings. The molecule has 0 saturated heterocycles. The lowest BCUT2D eigenvalue weighted by Crippen LogP contribution is -1.95. The summed E-state index contributed by atoms with van der Waals surface area (Å²) in [5, 5.41) is 0.977. The van der Waals surface area contributed by atoms with Gasteiger partial charge in [0.1, 0.15) is 0 Å². The lowest BCUT2D eigenvalue weighted by Gasteiger charge is -2.05. The zero-order valence-electron chi connectivity index (χ0n) is 5.90. The summed E-state index contributed by atoms with van der Waals surface area (Å²) >= 11 is 11.5. The molecule has 0 heterocycles. The predicted molar refractivity (Wildman–Crippen MR) is 47.1 cm³/mol. The largest absolute Gasteiger partial charge is 0.279 e. The molecule has 1 aromatic carbocycles. The molecule has 0 amide bonds. The Morgan fingerprint density at radius 3 is 2.73 bits per heavy atom. The van der Waals surface area contributed by atoms with E-state index in [1.165, 1.54) is 7.11 Å². The lowest BCUT2D eigenvalue weighted by molar-refractivity contribution is 0.271. The highest BCUT2D eigenvalue weighted by molar-refractivity contribution is 6.43. The minimum absolute atomic E-state index is 0.469. The fourth-order valence-electron chi connectivity index (χ4n) is 0.693. The number of hydrogen-bond acceptors (Lipinski definition) is 2. The van der Waals surface area contributed by atoms with E-state index < -0.39 is 0 Å². The van der Waals surface area contributed by atoms with Crippen LogP contribution in [0.1, 0.15) is 0 Å². The van der Waals surface area contributed by atoms with Crippen LogP contribution in [0.5, 0.6) is 0 Å². The standard InChI is InChI=1S/C7H7Cl2NO/c1-11-10-6-4-2-3-5(8)7(6)9/h2-4,10H,1H3. The maximum atomic E-state index is 5.80. The van der Waals surface area contributed by atoms with Gasteiger partial charge in [-0.3, -0.25) is 10.3 Å². The molecule has 0 aromatic heterocycles. The molecule has 60 valence electrons. The summed E-state index contributed by atoms with van der Waals surface area (Å²) in [5.41, 5.74) is 3.27. The minimum atomic E-state index is 0.469. The molecular weight excluding hydrogens is 185 g/mol. The Morgan fingerprint density at radius 1 is 1.36 bits per heavy atom. The van der Waals surface area contributed by atoms with Crippen LogP contribution in [0.25, 0.3) is 0 Å². The Hall–Kier alpha value is -0.440. The van der Waals surface area contributed by atoms with E-state index in [-0.39, 0.29) is 0 Å². The summed E-state index contributed by atoms with van der Waals surface area (Å²) in [6.07, 6.45) is 0. The summed E-state index contributed by atoms with van der Waals surface area (Å²) < 4.78 is 0. The Balaban J connectivity index is 2.96. The predicted octanol–water partition coefficient (Wildman–Crippen LogP) is 2.97. The van der Waals surface area contributed by atoms with E-state index in [1.807, 2.05) is 0 Å². The molecule has 0 spiro atoms. The number of benzene rings is 1. The van der Waals surface area contributed by atoms with Gasteiger partial charge in [0, 0.05) is 0 Å². The van der Waals surface area contributed by atoms with E-state index >= 15 is 0 Å². The monoisotopic (exact) mass is 191 g/mol. The van der Waals surface area contributed by atoms with Crippen molar-refractivity contribution in [1.82, 2.24) is 0 Å². The first-order valence-electron chi connectivity index (χ1n) is 2.98. The van der Waals surface area contributed by atoms with Crippen molar-refractivity contribution in [3.63, 3.8) is 0 Å². The fraction of sp³-hybridized carbons (Fsp3) is 0.143. The first-order valence-corrected chi connectivity index (χ1v) is 3.74. The van der Waals surface area contributed by atoms with E-state index in [0.717, 1.165) is 0 Å². The minimum Gasteiger partial charge on any atom is -0.279 e. The summed E-state index contributed by atoms with van der Waals surface area (Å²) in [4.78, 5) is 4.67. The van der Waals surface area contributed by atoms with Gasteiger partial charge >= 0.3 is 0 Å². The normalized spacial score (nSPS) is 9.73. The molecule has 1 rings (SSSR count). The smallest absolute Gasteiger partial charge is 0.0846 e. The van der Waals surface area contributed by atoms with Crippen molar-refractivity contribution in [2.75, 3.05) is 12.6 Å². The van der Waals surface area contributed by atoms with Gasteiger partial charge in [0.15, 0.2) is 0 Å². The van der Waals surface area contributed by atoms with Crippen LogP contribution in [0.4, 0.5) is 5.69 Å². The number of hydrogen-bond donors (Lipinski definition) is 1. The number of halogens is 2. The number of anilines is 1. The number of nitrogens with one attached hydrogen (secondary N) is 1. The zero-order valence-corrected chi connectivity index (χ0v) is 7.41. The van der Waals surface area contributed by atoms with Crippen molar-refractivity contribution >= 4 is 28.9 Å². The summed E-state index contributed by atoms with van der Waals surface area (Å²) in [5.74, 6) is 0. The molecule has 0 saturated carbocycles. The first kappa shape index (κ1) is 8.65.